The van der Waals surface area contributed by atoms with E-state index in [-0.39, 0.29) is 11.3 Å². The number of aromatic hydroxyl groups is 1. The largest absolute Gasteiger partial charge is 0.507 e. The standard InChI is InChI=1S/C15H14N2O2/c1-8-4-12(14(18)5-9(8)2)11-6-10(3)17-15(19)13(11)7-16/h4-6,18H,1-3H3,(H,17,19). The number of rotatable bonds is 1. The number of H-pyrrole nitrogens is 1. The molecule has 0 radical (unpaired) electrons. The molecule has 0 fully saturated rings. The summed E-state index contributed by atoms with van der Waals surface area (Å²) in [5.41, 5.74) is 3.16. The van der Waals surface area contributed by atoms with Crippen molar-refractivity contribution in [1.82, 2.24) is 4.98 Å². The number of nitriles is 1. The van der Waals surface area contributed by atoms with Crippen molar-refractivity contribution in [3.8, 4) is 22.9 Å². The van der Waals surface area contributed by atoms with Gasteiger partial charge in [0.25, 0.3) is 5.56 Å². The number of nitrogens with zero attached hydrogens (tertiary/aromatic N) is 1. The number of hydrogen-bond acceptors (Lipinski definition) is 3. The minimum absolute atomic E-state index is 0.0177. The van der Waals surface area contributed by atoms with Gasteiger partial charge in [0.15, 0.2) is 0 Å². The Morgan fingerprint density at radius 2 is 1.74 bits per heavy atom. The number of pyridine rings is 1. The second kappa shape index (κ2) is 4.62. The Bertz CT molecular complexity index is 752. The molecule has 96 valence electrons. The molecule has 2 N–H and O–H groups in total. The van der Waals surface area contributed by atoms with E-state index in [1.807, 2.05) is 19.9 Å². The van der Waals surface area contributed by atoms with E-state index in [1.54, 1.807) is 25.1 Å². The van der Waals surface area contributed by atoms with Gasteiger partial charge in [-0.2, -0.15) is 5.26 Å². The van der Waals surface area contributed by atoms with Crippen molar-refractivity contribution < 1.29 is 5.11 Å². The molecule has 4 heteroatoms. The molecule has 0 aliphatic carbocycles. The van der Waals surface area contributed by atoms with E-state index in [0.29, 0.717) is 16.8 Å². The van der Waals surface area contributed by atoms with Crippen LogP contribution in [0.3, 0.4) is 0 Å². The number of aryl methyl sites for hydroxylation is 3. The third-order valence-corrected chi connectivity index (χ3v) is 3.18. The average Bonchev–Trinajstić information content (AvgIpc) is 2.33. The molecule has 0 amide bonds. The summed E-state index contributed by atoms with van der Waals surface area (Å²) in [4.78, 5) is 14.4. The van der Waals surface area contributed by atoms with Crippen molar-refractivity contribution in [2.24, 2.45) is 0 Å². The minimum Gasteiger partial charge on any atom is -0.507 e. The van der Waals surface area contributed by atoms with Crippen molar-refractivity contribution in [2.45, 2.75) is 20.8 Å². The molecule has 0 spiro atoms. The highest BCUT2D eigenvalue weighted by atomic mass is 16.3. The molecule has 1 aromatic heterocycles. The topological polar surface area (TPSA) is 76.9 Å². The van der Waals surface area contributed by atoms with E-state index in [2.05, 4.69) is 4.98 Å². The summed E-state index contributed by atoms with van der Waals surface area (Å²) in [5.74, 6) is 0.0737. The predicted molar refractivity (Wildman–Crippen MR) is 73.1 cm³/mol. The van der Waals surface area contributed by atoms with Crippen molar-refractivity contribution >= 4 is 0 Å². The van der Waals surface area contributed by atoms with Gasteiger partial charge in [0.1, 0.15) is 17.4 Å². The van der Waals surface area contributed by atoms with Gasteiger partial charge in [-0.3, -0.25) is 4.79 Å². The quantitative estimate of drug-likeness (QED) is 0.821. The Morgan fingerprint density at radius 1 is 1.11 bits per heavy atom. The third kappa shape index (κ3) is 2.23. The Morgan fingerprint density at radius 3 is 2.37 bits per heavy atom. The Kier molecular flexibility index (Phi) is 3.14. The van der Waals surface area contributed by atoms with Gasteiger partial charge in [-0.05, 0) is 50.1 Å². The van der Waals surface area contributed by atoms with Crippen LogP contribution in [0.2, 0.25) is 0 Å². The first-order valence-corrected chi connectivity index (χ1v) is 5.88. The van der Waals surface area contributed by atoms with E-state index in [0.717, 1.165) is 11.1 Å². The van der Waals surface area contributed by atoms with Crippen LogP contribution >= 0.6 is 0 Å². The summed E-state index contributed by atoms with van der Waals surface area (Å²) in [7, 11) is 0. The van der Waals surface area contributed by atoms with Gasteiger partial charge in [0.2, 0.25) is 0 Å². The molecule has 0 unspecified atom stereocenters. The molecule has 0 atom stereocenters. The Hall–Kier alpha value is -2.54. The van der Waals surface area contributed by atoms with E-state index in [9.17, 15) is 9.90 Å². The lowest BCUT2D eigenvalue weighted by atomic mass is 9.96. The molecule has 2 rings (SSSR count). The van der Waals surface area contributed by atoms with Gasteiger partial charge in [0, 0.05) is 16.8 Å². The molecule has 1 aromatic carbocycles. The Labute approximate surface area is 111 Å². The smallest absolute Gasteiger partial charge is 0.266 e. The first kappa shape index (κ1) is 12.9. The van der Waals surface area contributed by atoms with E-state index < -0.39 is 5.56 Å². The van der Waals surface area contributed by atoms with Crippen LogP contribution in [0.1, 0.15) is 22.4 Å². The van der Waals surface area contributed by atoms with Crippen LogP contribution in [0.15, 0.2) is 23.0 Å². The molecule has 0 aliphatic heterocycles. The Balaban J connectivity index is 2.83. The number of benzene rings is 1. The van der Waals surface area contributed by atoms with Crippen LogP contribution in [0.5, 0.6) is 5.75 Å². The minimum atomic E-state index is -0.435. The van der Waals surface area contributed by atoms with Crippen molar-refractivity contribution in [2.75, 3.05) is 0 Å². The van der Waals surface area contributed by atoms with Crippen molar-refractivity contribution in [3.05, 3.63) is 50.9 Å². The zero-order valence-corrected chi connectivity index (χ0v) is 11.0. The molecule has 1 heterocycles. The second-order valence-corrected chi connectivity index (χ2v) is 4.64. The van der Waals surface area contributed by atoms with Crippen LogP contribution < -0.4 is 5.56 Å². The van der Waals surface area contributed by atoms with Crippen LogP contribution in [0.25, 0.3) is 11.1 Å². The van der Waals surface area contributed by atoms with Crippen molar-refractivity contribution in [1.29, 1.82) is 5.26 Å². The van der Waals surface area contributed by atoms with Gasteiger partial charge in [-0.15, -0.1) is 0 Å². The zero-order valence-electron chi connectivity index (χ0n) is 11.0. The van der Waals surface area contributed by atoms with Crippen LogP contribution in [-0.4, -0.2) is 10.1 Å². The predicted octanol–water partition coefficient (Wildman–Crippen LogP) is 2.54. The molecular weight excluding hydrogens is 240 g/mol. The van der Waals surface area contributed by atoms with Gasteiger partial charge >= 0.3 is 0 Å². The average molecular weight is 254 g/mol. The SMILES string of the molecule is Cc1cc(-c2cc(C)c(C)cc2O)c(C#N)c(=O)[nH]1. The first-order chi connectivity index (χ1) is 8.93. The molecule has 0 aliphatic rings. The van der Waals surface area contributed by atoms with E-state index >= 15 is 0 Å². The maximum atomic E-state index is 11.8. The summed E-state index contributed by atoms with van der Waals surface area (Å²) in [6.07, 6.45) is 0. The lowest BCUT2D eigenvalue weighted by Crippen LogP contribution is -2.12. The molecule has 0 saturated heterocycles. The van der Waals surface area contributed by atoms with Crippen molar-refractivity contribution in [3.63, 3.8) is 0 Å². The summed E-state index contributed by atoms with van der Waals surface area (Å²) >= 11 is 0. The molecule has 2 aromatic rings. The highest BCUT2D eigenvalue weighted by molar-refractivity contribution is 5.76. The highest BCUT2D eigenvalue weighted by Gasteiger charge is 2.14. The number of nitrogens with one attached hydrogen (secondary N) is 1. The molecule has 0 bridgehead atoms. The summed E-state index contributed by atoms with van der Waals surface area (Å²) < 4.78 is 0. The summed E-state index contributed by atoms with van der Waals surface area (Å²) in [6, 6.07) is 7.03. The molecule has 0 saturated carbocycles. The van der Waals surface area contributed by atoms with Gasteiger partial charge < -0.3 is 10.1 Å². The molecule has 19 heavy (non-hydrogen) atoms. The lowest BCUT2D eigenvalue weighted by Gasteiger charge is -2.10. The number of hydrogen-bond donors (Lipinski definition) is 2. The monoisotopic (exact) mass is 254 g/mol. The van der Waals surface area contributed by atoms with E-state index in [4.69, 9.17) is 5.26 Å². The summed E-state index contributed by atoms with van der Waals surface area (Å²) in [6.45, 7) is 5.56. The van der Waals surface area contributed by atoms with Crippen LogP contribution in [-0.2, 0) is 0 Å². The second-order valence-electron chi connectivity index (χ2n) is 4.64. The molecular formula is C15H14N2O2. The van der Waals surface area contributed by atoms with E-state index in [1.165, 1.54) is 0 Å². The maximum absolute atomic E-state index is 11.8. The van der Waals surface area contributed by atoms with Crippen LogP contribution in [0.4, 0.5) is 0 Å². The van der Waals surface area contributed by atoms with Crippen LogP contribution in [0, 0.1) is 32.1 Å². The normalized spacial score (nSPS) is 10.2. The lowest BCUT2D eigenvalue weighted by molar-refractivity contribution is 0.476. The van der Waals surface area contributed by atoms with Gasteiger partial charge in [-0.25, -0.2) is 0 Å². The fourth-order valence-electron chi connectivity index (χ4n) is 2.03. The highest BCUT2D eigenvalue weighted by Crippen LogP contribution is 2.32. The third-order valence-electron chi connectivity index (χ3n) is 3.18. The number of phenolic OH excluding ortho intramolecular Hbond substituents is 1. The fourth-order valence-corrected chi connectivity index (χ4v) is 2.03. The van der Waals surface area contributed by atoms with Gasteiger partial charge in [-0.1, -0.05) is 0 Å². The summed E-state index contributed by atoms with van der Waals surface area (Å²) in [5, 5.41) is 19.2. The number of aromatic amines is 1. The fraction of sp³-hybridized carbons (Fsp3) is 0.200. The number of aromatic nitrogens is 1. The first-order valence-electron chi connectivity index (χ1n) is 5.88. The van der Waals surface area contributed by atoms with Gasteiger partial charge in [0.05, 0.1) is 0 Å². The number of phenols is 1. The zero-order chi connectivity index (χ0) is 14.2. The maximum Gasteiger partial charge on any atom is 0.266 e. The molecule has 4 nitrogen and oxygen atoms in total.